The van der Waals surface area contributed by atoms with E-state index in [1.165, 1.54) is 26.4 Å². The average Bonchev–Trinajstić information content (AvgIpc) is 2.93. The molecule has 2 amide bonds. The molecule has 1 heterocycles. The standard InChI is InChI=1S/C31H44N2O9/c1-17-12-19(3)29(42-31(32)37)24(38-5)11-9-10-18(2)30(36)33-23-16-21(34)15-22(27(23)35)28(41-8)20(4)14-26(40-7)25(13-17)39-6/h9-12,15-17,20,24-26,28-29H,13-14H2,1-8H3,(H2,32,37)(H,33,36)/b11-9-,18-10+,19-12+/t17-,20-,24-,25+,26-,28+,29-/m0/s1. The number of rotatable bonds is 5. The smallest absolute Gasteiger partial charge is 0.405 e. The first kappa shape index (κ1) is 34.8. The van der Waals surface area contributed by atoms with E-state index in [-0.39, 0.29) is 40.9 Å². The van der Waals surface area contributed by atoms with Crippen molar-refractivity contribution in [2.24, 2.45) is 17.6 Å². The second kappa shape index (κ2) is 16.3. The maximum atomic E-state index is 13.4. The van der Waals surface area contributed by atoms with Crippen LogP contribution in [0.25, 0.3) is 0 Å². The first-order valence-electron chi connectivity index (χ1n) is 13.8. The highest BCUT2D eigenvalue weighted by Gasteiger charge is 2.35. The summed E-state index contributed by atoms with van der Waals surface area (Å²) in [6.45, 7) is 7.28. The van der Waals surface area contributed by atoms with Crippen molar-refractivity contribution in [2.75, 3.05) is 28.4 Å². The molecule has 0 radical (unpaired) electrons. The Balaban J connectivity index is 2.60. The molecule has 1 aliphatic carbocycles. The lowest BCUT2D eigenvalue weighted by Gasteiger charge is -2.32. The molecule has 0 aromatic carbocycles. The van der Waals surface area contributed by atoms with E-state index in [2.05, 4.69) is 5.32 Å². The fraction of sp³-hybridized carbons (Fsp3) is 0.548. The number of hydrogen-bond donors (Lipinski definition) is 2. The van der Waals surface area contributed by atoms with Crippen LogP contribution in [-0.4, -0.2) is 82.5 Å². The van der Waals surface area contributed by atoms with Crippen LogP contribution in [0.1, 0.15) is 40.5 Å². The van der Waals surface area contributed by atoms with Gasteiger partial charge in [-0.1, -0.05) is 38.2 Å². The van der Waals surface area contributed by atoms with E-state index in [0.29, 0.717) is 12.8 Å². The molecule has 0 unspecified atom stereocenters. The molecule has 3 N–H and O–H groups in total. The van der Waals surface area contributed by atoms with Crippen molar-refractivity contribution < 1.29 is 42.9 Å². The third-order valence-electron chi connectivity index (χ3n) is 7.46. The molecule has 42 heavy (non-hydrogen) atoms. The van der Waals surface area contributed by atoms with Gasteiger partial charge in [-0.2, -0.15) is 0 Å². The zero-order valence-electron chi connectivity index (χ0n) is 25.7. The predicted molar refractivity (Wildman–Crippen MR) is 156 cm³/mol. The summed E-state index contributed by atoms with van der Waals surface area (Å²) in [5, 5.41) is 2.55. The molecule has 7 atom stereocenters. The van der Waals surface area contributed by atoms with E-state index >= 15 is 0 Å². The Bertz CT molecular complexity index is 1170. The highest BCUT2D eigenvalue weighted by Crippen LogP contribution is 2.29. The van der Waals surface area contributed by atoms with Crippen molar-refractivity contribution in [1.29, 1.82) is 0 Å². The summed E-state index contributed by atoms with van der Waals surface area (Å²) in [6, 6.07) is 0. The highest BCUT2D eigenvalue weighted by molar-refractivity contribution is 6.22. The Kier molecular flexibility index (Phi) is 13.5. The van der Waals surface area contributed by atoms with E-state index in [0.717, 1.165) is 11.6 Å². The Morgan fingerprint density at radius 1 is 0.905 bits per heavy atom. The topological polar surface area (TPSA) is 152 Å². The molecule has 2 aliphatic rings. The maximum Gasteiger partial charge on any atom is 0.405 e. The van der Waals surface area contributed by atoms with Crippen molar-refractivity contribution in [3.05, 3.63) is 58.9 Å². The number of allylic oxidation sites excluding steroid dienone is 6. The molecule has 232 valence electrons. The Labute approximate surface area is 247 Å². The van der Waals surface area contributed by atoms with Crippen LogP contribution in [0.3, 0.4) is 0 Å². The SMILES string of the molecule is CO[C@H]1/C=C\C=C(/C)C(=O)NC2=CC(=O)C=C(C2=O)[C@H](OC)[C@@H](C)C[C@H](OC)[C@H](OC)C[C@@H](C)/C=C(\C)[C@@H]1OC(N)=O. The minimum atomic E-state index is -0.958. The summed E-state index contributed by atoms with van der Waals surface area (Å²) in [5.74, 6) is -1.81. The van der Waals surface area contributed by atoms with Crippen molar-refractivity contribution in [1.82, 2.24) is 5.32 Å². The van der Waals surface area contributed by atoms with Crippen LogP contribution in [0.4, 0.5) is 4.79 Å². The number of ether oxygens (including phenoxy) is 5. The number of ketones is 2. The molecule has 0 saturated carbocycles. The largest absolute Gasteiger partial charge is 0.439 e. The molecular weight excluding hydrogens is 544 g/mol. The molecule has 2 bridgehead atoms. The van der Waals surface area contributed by atoms with E-state index in [4.69, 9.17) is 29.4 Å². The number of Topliss-reactive ketones (excluding diaryl/α,β-unsaturated/α-hetero) is 1. The van der Waals surface area contributed by atoms with Crippen molar-refractivity contribution in [3.8, 4) is 0 Å². The third kappa shape index (κ3) is 9.32. The molecule has 11 heteroatoms. The third-order valence-corrected chi connectivity index (χ3v) is 7.46. The predicted octanol–water partition coefficient (Wildman–Crippen LogP) is 3.10. The van der Waals surface area contributed by atoms with E-state index in [1.807, 2.05) is 26.8 Å². The first-order valence-corrected chi connectivity index (χ1v) is 13.8. The lowest BCUT2D eigenvalue weighted by Crippen LogP contribution is -2.39. The minimum Gasteiger partial charge on any atom is -0.439 e. The zero-order chi connectivity index (χ0) is 31.6. The number of primary amides is 1. The molecule has 0 saturated heterocycles. The number of methoxy groups -OCH3 is 4. The van der Waals surface area contributed by atoms with Crippen molar-refractivity contribution in [3.63, 3.8) is 0 Å². The molecule has 1 aliphatic heterocycles. The van der Waals surface area contributed by atoms with Gasteiger partial charge in [-0.3, -0.25) is 14.4 Å². The molecule has 0 fully saturated rings. The van der Waals surface area contributed by atoms with Crippen LogP contribution < -0.4 is 11.1 Å². The number of amides is 2. The van der Waals surface area contributed by atoms with Gasteiger partial charge < -0.3 is 34.7 Å². The van der Waals surface area contributed by atoms with Crippen molar-refractivity contribution >= 4 is 23.6 Å². The van der Waals surface area contributed by atoms with E-state index in [9.17, 15) is 19.2 Å². The van der Waals surface area contributed by atoms with Crippen LogP contribution in [-0.2, 0) is 38.1 Å². The van der Waals surface area contributed by atoms with Crippen LogP contribution in [0.5, 0.6) is 0 Å². The Morgan fingerprint density at radius 2 is 1.55 bits per heavy atom. The highest BCUT2D eigenvalue weighted by atomic mass is 16.6. The Morgan fingerprint density at radius 3 is 2.12 bits per heavy atom. The van der Waals surface area contributed by atoms with Crippen LogP contribution >= 0.6 is 0 Å². The molecule has 2 rings (SSSR count). The summed E-state index contributed by atoms with van der Waals surface area (Å²) >= 11 is 0. The number of carbonyl (C=O) groups excluding carboxylic acids is 4. The van der Waals surface area contributed by atoms with Gasteiger partial charge in [0.1, 0.15) is 6.10 Å². The van der Waals surface area contributed by atoms with Gasteiger partial charge >= 0.3 is 6.09 Å². The molecule has 0 spiro atoms. The fourth-order valence-corrected chi connectivity index (χ4v) is 5.31. The quantitative estimate of drug-likeness (QED) is 0.364. The lowest BCUT2D eigenvalue weighted by atomic mass is 9.84. The van der Waals surface area contributed by atoms with Gasteiger partial charge in [0.2, 0.25) is 5.78 Å². The maximum absolute atomic E-state index is 13.4. The number of hydrogen-bond acceptors (Lipinski definition) is 9. The lowest BCUT2D eigenvalue weighted by molar-refractivity contribution is -0.120. The van der Waals surface area contributed by atoms with Gasteiger partial charge in [-0.15, -0.1) is 0 Å². The molecule has 0 aromatic heterocycles. The van der Waals surface area contributed by atoms with Gasteiger partial charge in [0, 0.05) is 45.7 Å². The summed E-state index contributed by atoms with van der Waals surface area (Å²) in [6.07, 6.45) is 6.08. The number of nitrogens with one attached hydrogen (secondary N) is 1. The number of carbonyl (C=O) groups is 4. The van der Waals surface area contributed by atoms with Crippen LogP contribution in [0.2, 0.25) is 0 Å². The van der Waals surface area contributed by atoms with Crippen LogP contribution in [0, 0.1) is 11.8 Å². The normalized spacial score (nSPS) is 33.6. The van der Waals surface area contributed by atoms with E-state index in [1.54, 1.807) is 33.3 Å². The summed E-state index contributed by atoms with van der Waals surface area (Å²) in [4.78, 5) is 50.7. The van der Waals surface area contributed by atoms with E-state index < -0.39 is 41.9 Å². The molecule has 11 nitrogen and oxygen atoms in total. The minimum absolute atomic E-state index is 0.0361. The van der Waals surface area contributed by atoms with Crippen molar-refractivity contribution in [2.45, 2.75) is 71.1 Å². The average molecular weight is 589 g/mol. The zero-order valence-corrected chi connectivity index (χ0v) is 25.7. The van der Waals surface area contributed by atoms with Gasteiger partial charge in [0.15, 0.2) is 11.9 Å². The number of fused-ring (bicyclic) bond motifs is 2. The Hall–Kier alpha value is -3.38. The van der Waals surface area contributed by atoms with Crippen LogP contribution in [0.15, 0.2) is 58.9 Å². The monoisotopic (exact) mass is 588 g/mol. The summed E-state index contributed by atoms with van der Waals surface area (Å²) < 4.78 is 28.4. The van der Waals surface area contributed by atoms with Gasteiger partial charge in [-0.25, -0.2) is 4.79 Å². The summed E-state index contributed by atoms with van der Waals surface area (Å²) in [5.41, 5.74) is 6.37. The molecule has 0 aromatic rings. The molecular formula is C31H44N2O9. The van der Waals surface area contributed by atoms with Gasteiger partial charge in [-0.05, 0) is 50.2 Å². The first-order chi connectivity index (χ1) is 19.9. The second-order valence-corrected chi connectivity index (χ2v) is 10.7. The number of nitrogens with two attached hydrogens (primary N) is 1. The van der Waals surface area contributed by atoms with Gasteiger partial charge in [0.25, 0.3) is 5.91 Å². The summed E-state index contributed by atoms with van der Waals surface area (Å²) in [7, 11) is 6.12. The fourth-order valence-electron chi connectivity index (χ4n) is 5.31. The van der Waals surface area contributed by atoms with Gasteiger partial charge in [0.05, 0.1) is 24.0 Å². The second-order valence-electron chi connectivity index (χ2n) is 10.7.